The van der Waals surface area contributed by atoms with Gasteiger partial charge in [0.25, 0.3) is 5.91 Å². The molecule has 188 valence electrons. The summed E-state index contributed by atoms with van der Waals surface area (Å²) in [4.78, 5) is 32.6. The number of hydrogen-bond acceptors (Lipinski definition) is 5. The second-order valence-corrected chi connectivity index (χ2v) is 10.5. The fourth-order valence-electron chi connectivity index (χ4n) is 5.78. The molecule has 5 rings (SSSR count). The summed E-state index contributed by atoms with van der Waals surface area (Å²) in [7, 11) is 0. The molecule has 0 unspecified atom stereocenters. The summed E-state index contributed by atoms with van der Waals surface area (Å²) < 4.78 is 1.79. The molecule has 3 aliphatic rings. The van der Waals surface area contributed by atoms with Gasteiger partial charge in [-0.1, -0.05) is 19.1 Å². The number of aryl methyl sites for hydroxylation is 1. The van der Waals surface area contributed by atoms with E-state index in [1.54, 1.807) is 4.68 Å². The quantitative estimate of drug-likeness (QED) is 0.727. The smallest absolute Gasteiger partial charge is 0.274 e. The van der Waals surface area contributed by atoms with Gasteiger partial charge in [-0.2, -0.15) is 5.10 Å². The number of carbonyl (C=O) groups excluding carboxylic acids is 2. The van der Waals surface area contributed by atoms with E-state index in [1.165, 1.54) is 16.8 Å². The van der Waals surface area contributed by atoms with Crippen molar-refractivity contribution in [3.05, 3.63) is 46.3 Å². The SMILES string of the molecule is Cc1cccc(N2CCN(C(=O)Cn3nc(C(=O)N4CC[C@@H](O)[C@@H](C)C4)c4c3CCC4)CC2)c1C. The molecule has 2 aliphatic heterocycles. The lowest BCUT2D eigenvalue weighted by Crippen LogP contribution is -2.50. The highest BCUT2D eigenvalue weighted by molar-refractivity contribution is 5.94. The molecule has 8 heteroatoms. The number of amides is 2. The lowest BCUT2D eigenvalue weighted by Gasteiger charge is -2.37. The highest BCUT2D eigenvalue weighted by Gasteiger charge is 2.34. The Bertz CT molecular complexity index is 1120. The summed E-state index contributed by atoms with van der Waals surface area (Å²) in [5, 5.41) is 14.7. The van der Waals surface area contributed by atoms with E-state index in [9.17, 15) is 14.7 Å². The van der Waals surface area contributed by atoms with Crippen molar-refractivity contribution in [3.8, 4) is 0 Å². The molecule has 1 aromatic heterocycles. The van der Waals surface area contributed by atoms with Crippen LogP contribution in [0.1, 0.15) is 52.6 Å². The number of rotatable bonds is 4. The van der Waals surface area contributed by atoms with Crippen molar-refractivity contribution >= 4 is 17.5 Å². The van der Waals surface area contributed by atoms with Gasteiger partial charge in [0.1, 0.15) is 6.54 Å². The van der Waals surface area contributed by atoms with Crippen LogP contribution in [0.3, 0.4) is 0 Å². The van der Waals surface area contributed by atoms with Crippen molar-refractivity contribution in [2.24, 2.45) is 5.92 Å². The number of aliphatic hydroxyl groups is 1. The maximum absolute atomic E-state index is 13.3. The minimum atomic E-state index is -0.352. The number of benzene rings is 1. The number of fused-ring (bicyclic) bond motifs is 1. The minimum Gasteiger partial charge on any atom is -0.393 e. The van der Waals surface area contributed by atoms with Crippen molar-refractivity contribution in [3.63, 3.8) is 0 Å². The largest absolute Gasteiger partial charge is 0.393 e. The van der Waals surface area contributed by atoms with Gasteiger partial charge in [0.15, 0.2) is 5.69 Å². The zero-order valence-corrected chi connectivity index (χ0v) is 21.2. The summed E-state index contributed by atoms with van der Waals surface area (Å²) in [6.07, 6.45) is 2.94. The molecule has 0 spiro atoms. The lowest BCUT2D eigenvalue weighted by atomic mass is 9.96. The molecular weight excluding hydrogens is 442 g/mol. The van der Waals surface area contributed by atoms with Gasteiger partial charge in [-0.15, -0.1) is 0 Å². The average Bonchev–Trinajstić information content (AvgIpc) is 3.46. The second-order valence-electron chi connectivity index (χ2n) is 10.5. The first kappa shape index (κ1) is 23.9. The molecule has 1 N–H and O–H groups in total. The van der Waals surface area contributed by atoms with Gasteiger partial charge in [0, 0.05) is 56.2 Å². The number of carbonyl (C=O) groups is 2. The van der Waals surface area contributed by atoms with Gasteiger partial charge in [-0.05, 0) is 62.6 Å². The van der Waals surface area contributed by atoms with E-state index in [4.69, 9.17) is 0 Å². The van der Waals surface area contributed by atoms with Crippen LogP contribution in [0, 0.1) is 19.8 Å². The van der Waals surface area contributed by atoms with Gasteiger partial charge in [0.2, 0.25) is 5.91 Å². The molecular formula is C27H37N5O3. The Balaban J connectivity index is 1.25. The Kier molecular flexibility index (Phi) is 6.57. The number of aliphatic hydroxyl groups excluding tert-OH is 1. The molecule has 2 atom stereocenters. The molecule has 1 aromatic carbocycles. The van der Waals surface area contributed by atoms with Gasteiger partial charge < -0.3 is 19.8 Å². The van der Waals surface area contributed by atoms with E-state index < -0.39 is 0 Å². The van der Waals surface area contributed by atoms with E-state index in [0.717, 1.165) is 43.6 Å². The summed E-state index contributed by atoms with van der Waals surface area (Å²) >= 11 is 0. The maximum atomic E-state index is 13.3. The molecule has 2 saturated heterocycles. The molecule has 2 aromatic rings. The molecule has 0 saturated carbocycles. The second kappa shape index (κ2) is 9.64. The van der Waals surface area contributed by atoms with Gasteiger partial charge >= 0.3 is 0 Å². The summed E-state index contributed by atoms with van der Waals surface area (Å²) in [5.74, 6) is 0.0680. The van der Waals surface area contributed by atoms with Crippen LogP contribution in [0.2, 0.25) is 0 Å². The minimum absolute atomic E-state index is 0.0600. The fourth-order valence-corrected chi connectivity index (χ4v) is 5.78. The number of aromatic nitrogens is 2. The summed E-state index contributed by atoms with van der Waals surface area (Å²) in [6, 6.07) is 6.39. The number of anilines is 1. The van der Waals surface area contributed by atoms with Crippen LogP contribution in [0.25, 0.3) is 0 Å². The van der Waals surface area contributed by atoms with E-state index >= 15 is 0 Å². The predicted octanol–water partition coefficient (Wildman–Crippen LogP) is 2.18. The highest BCUT2D eigenvalue weighted by Crippen LogP contribution is 2.28. The van der Waals surface area contributed by atoms with Crippen LogP contribution in [0.4, 0.5) is 5.69 Å². The molecule has 3 heterocycles. The third-order valence-electron chi connectivity index (χ3n) is 8.19. The third kappa shape index (κ3) is 4.56. The van der Waals surface area contributed by atoms with E-state index in [-0.39, 0.29) is 30.4 Å². The van der Waals surface area contributed by atoms with Gasteiger partial charge in [-0.3, -0.25) is 14.3 Å². The predicted molar refractivity (Wildman–Crippen MR) is 135 cm³/mol. The maximum Gasteiger partial charge on any atom is 0.274 e. The van der Waals surface area contributed by atoms with E-state index in [0.29, 0.717) is 38.3 Å². The number of hydrogen-bond donors (Lipinski definition) is 1. The summed E-state index contributed by atoms with van der Waals surface area (Å²) in [6.45, 7) is 10.6. The molecule has 2 fully saturated rings. The Morgan fingerprint density at radius 3 is 2.57 bits per heavy atom. The Labute approximate surface area is 207 Å². The number of nitrogens with zero attached hydrogens (tertiary/aromatic N) is 5. The first-order valence-corrected chi connectivity index (χ1v) is 13.0. The van der Waals surface area contributed by atoms with Crippen molar-refractivity contribution in [2.45, 2.75) is 59.1 Å². The fraction of sp³-hybridized carbons (Fsp3) is 0.593. The van der Waals surface area contributed by atoms with E-state index in [2.05, 4.69) is 42.0 Å². The molecule has 1 aliphatic carbocycles. The van der Waals surface area contributed by atoms with Crippen molar-refractivity contribution < 1.29 is 14.7 Å². The molecule has 0 radical (unpaired) electrons. The third-order valence-corrected chi connectivity index (χ3v) is 8.19. The van der Waals surface area contributed by atoms with Gasteiger partial charge in [-0.25, -0.2) is 0 Å². The lowest BCUT2D eigenvalue weighted by molar-refractivity contribution is -0.132. The Hall–Kier alpha value is -2.87. The normalized spacial score (nSPS) is 22.5. The van der Waals surface area contributed by atoms with Crippen molar-refractivity contribution in [1.29, 1.82) is 0 Å². The van der Waals surface area contributed by atoms with Crippen LogP contribution in [-0.4, -0.2) is 81.9 Å². The molecule has 0 bridgehead atoms. The van der Waals surface area contributed by atoms with Crippen LogP contribution in [0.5, 0.6) is 0 Å². The average molecular weight is 480 g/mol. The number of piperidine rings is 1. The first-order valence-electron chi connectivity index (χ1n) is 13.0. The van der Waals surface area contributed by atoms with Crippen molar-refractivity contribution in [2.75, 3.05) is 44.2 Å². The zero-order valence-electron chi connectivity index (χ0n) is 21.2. The van der Waals surface area contributed by atoms with Crippen LogP contribution in [-0.2, 0) is 24.2 Å². The van der Waals surface area contributed by atoms with Crippen LogP contribution < -0.4 is 4.90 Å². The zero-order chi connectivity index (χ0) is 24.7. The van der Waals surface area contributed by atoms with Crippen molar-refractivity contribution in [1.82, 2.24) is 19.6 Å². The summed E-state index contributed by atoms with van der Waals surface area (Å²) in [5.41, 5.74) is 6.41. The molecule has 2 amide bonds. The van der Waals surface area contributed by atoms with Crippen LogP contribution >= 0.6 is 0 Å². The number of piperazine rings is 1. The van der Waals surface area contributed by atoms with Gasteiger partial charge in [0.05, 0.1) is 6.10 Å². The topological polar surface area (TPSA) is 81.9 Å². The highest BCUT2D eigenvalue weighted by atomic mass is 16.3. The Morgan fingerprint density at radius 2 is 1.83 bits per heavy atom. The number of likely N-dealkylation sites (tertiary alicyclic amines) is 1. The van der Waals surface area contributed by atoms with Crippen LogP contribution in [0.15, 0.2) is 18.2 Å². The monoisotopic (exact) mass is 479 g/mol. The first-order chi connectivity index (χ1) is 16.8. The molecule has 8 nitrogen and oxygen atoms in total. The Morgan fingerprint density at radius 1 is 1.06 bits per heavy atom. The molecule has 35 heavy (non-hydrogen) atoms. The van der Waals surface area contributed by atoms with E-state index in [1.807, 2.05) is 16.7 Å². The standard InChI is InChI=1S/C27H37N5O3/c1-18-6-4-8-22(20(18)3)29-12-14-30(15-13-29)25(34)17-32-23-9-5-7-21(23)26(28-32)27(35)31-11-10-24(33)19(2)16-31/h4,6,8,19,24,33H,5,7,9-17H2,1-3H3/t19-,24+/m0/s1.